The molecule has 0 atom stereocenters. The maximum atomic E-state index is 13.5. The molecule has 0 unspecified atom stereocenters. The molecule has 1 saturated heterocycles. The third-order valence-electron chi connectivity index (χ3n) is 3.40. The normalized spacial score (nSPS) is 15.5. The highest BCUT2D eigenvalue weighted by Gasteiger charge is 2.17. The summed E-state index contributed by atoms with van der Waals surface area (Å²) < 4.78 is 13.6. The lowest BCUT2D eigenvalue weighted by Gasteiger charge is -2.14. The first-order chi connectivity index (χ1) is 9.58. The van der Waals surface area contributed by atoms with Gasteiger partial charge in [0.1, 0.15) is 11.5 Å². The van der Waals surface area contributed by atoms with Crippen LogP contribution in [0.5, 0.6) is 0 Å². The van der Waals surface area contributed by atoms with Crippen LogP contribution in [0.1, 0.15) is 19.3 Å². The largest absolute Gasteiger partial charge is 0.379 e. The molecule has 1 N–H and O–H groups in total. The molecular formula is C13H17BrFN3O2. The standard InChI is InChI=1S/C13H17BrFN3O2/c14-10-8-13(18(19)20)12(9-11(10)15)16-4-3-7-17-5-1-2-6-17/h8-9,16H,1-7H2. The van der Waals surface area contributed by atoms with Crippen LogP contribution in [0.3, 0.4) is 0 Å². The molecule has 1 aliphatic heterocycles. The van der Waals surface area contributed by atoms with Gasteiger partial charge in [0.15, 0.2) is 0 Å². The minimum absolute atomic E-state index is 0.104. The predicted octanol–water partition coefficient (Wildman–Crippen LogP) is 3.39. The monoisotopic (exact) mass is 345 g/mol. The van der Waals surface area contributed by atoms with Crippen LogP contribution >= 0.6 is 15.9 Å². The molecule has 2 rings (SSSR count). The quantitative estimate of drug-likeness (QED) is 0.487. The lowest BCUT2D eigenvalue weighted by Crippen LogP contribution is -2.22. The Morgan fingerprint density at radius 3 is 2.75 bits per heavy atom. The molecule has 0 amide bonds. The Morgan fingerprint density at radius 2 is 2.10 bits per heavy atom. The summed E-state index contributed by atoms with van der Waals surface area (Å²) in [4.78, 5) is 12.8. The van der Waals surface area contributed by atoms with E-state index in [1.54, 1.807) is 0 Å². The highest BCUT2D eigenvalue weighted by molar-refractivity contribution is 9.10. The zero-order valence-corrected chi connectivity index (χ0v) is 12.7. The molecule has 0 radical (unpaired) electrons. The van der Waals surface area contributed by atoms with E-state index in [9.17, 15) is 14.5 Å². The van der Waals surface area contributed by atoms with Crippen molar-refractivity contribution in [2.24, 2.45) is 0 Å². The molecule has 1 fully saturated rings. The fourth-order valence-corrected chi connectivity index (χ4v) is 2.69. The summed E-state index contributed by atoms with van der Waals surface area (Å²) in [6.07, 6.45) is 3.38. The SMILES string of the molecule is O=[N+]([O-])c1cc(Br)c(F)cc1NCCCN1CCCC1. The Bertz CT molecular complexity index is 493. The molecule has 20 heavy (non-hydrogen) atoms. The Morgan fingerprint density at radius 1 is 1.40 bits per heavy atom. The van der Waals surface area contributed by atoms with Gasteiger partial charge in [0.25, 0.3) is 5.69 Å². The van der Waals surface area contributed by atoms with E-state index in [0.29, 0.717) is 6.54 Å². The number of nitro groups is 1. The third kappa shape index (κ3) is 3.89. The number of likely N-dealkylation sites (tertiary alicyclic amines) is 1. The van der Waals surface area contributed by atoms with Crippen LogP contribution in [-0.4, -0.2) is 36.0 Å². The molecule has 0 aromatic heterocycles. The molecule has 5 nitrogen and oxygen atoms in total. The maximum Gasteiger partial charge on any atom is 0.293 e. The average molecular weight is 346 g/mol. The number of benzene rings is 1. The summed E-state index contributed by atoms with van der Waals surface area (Å²) in [7, 11) is 0. The van der Waals surface area contributed by atoms with Crippen molar-refractivity contribution in [3.05, 3.63) is 32.5 Å². The van der Waals surface area contributed by atoms with Crippen molar-refractivity contribution in [1.82, 2.24) is 4.90 Å². The van der Waals surface area contributed by atoms with Gasteiger partial charge in [0, 0.05) is 18.7 Å². The number of halogens is 2. The van der Waals surface area contributed by atoms with Crippen molar-refractivity contribution in [1.29, 1.82) is 0 Å². The van der Waals surface area contributed by atoms with Crippen LogP contribution in [0.25, 0.3) is 0 Å². The van der Waals surface area contributed by atoms with Crippen molar-refractivity contribution in [2.75, 3.05) is 31.5 Å². The summed E-state index contributed by atoms with van der Waals surface area (Å²) in [5.74, 6) is -0.502. The number of nitrogens with zero attached hydrogens (tertiary/aromatic N) is 2. The van der Waals surface area contributed by atoms with Gasteiger partial charge < -0.3 is 10.2 Å². The third-order valence-corrected chi connectivity index (χ3v) is 4.01. The summed E-state index contributed by atoms with van der Waals surface area (Å²) >= 11 is 2.96. The first-order valence-corrected chi connectivity index (χ1v) is 7.47. The minimum Gasteiger partial charge on any atom is -0.379 e. The van der Waals surface area contributed by atoms with Crippen molar-refractivity contribution < 1.29 is 9.31 Å². The summed E-state index contributed by atoms with van der Waals surface area (Å²) in [6, 6.07) is 2.36. The fraction of sp³-hybridized carbons (Fsp3) is 0.538. The van der Waals surface area contributed by atoms with E-state index in [1.165, 1.54) is 18.9 Å². The second-order valence-electron chi connectivity index (χ2n) is 4.87. The molecule has 0 spiro atoms. The van der Waals surface area contributed by atoms with Crippen molar-refractivity contribution in [3.63, 3.8) is 0 Å². The Kier molecular flexibility index (Phi) is 5.31. The molecule has 7 heteroatoms. The molecular weight excluding hydrogens is 329 g/mol. The fourth-order valence-electron chi connectivity index (χ4n) is 2.36. The second kappa shape index (κ2) is 6.99. The van der Waals surface area contributed by atoms with E-state index in [2.05, 4.69) is 26.1 Å². The van der Waals surface area contributed by atoms with Crippen LogP contribution in [0.2, 0.25) is 0 Å². The van der Waals surface area contributed by atoms with Crippen molar-refractivity contribution >= 4 is 27.3 Å². The number of hydrogen-bond donors (Lipinski definition) is 1. The van der Waals surface area contributed by atoms with Gasteiger partial charge in [-0.05, 0) is 54.8 Å². The lowest BCUT2D eigenvalue weighted by molar-refractivity contribution is -0.384. The van der Waals surface area contributed by atoms with Crippen LogP contribution in [0.15, 0.2) is 16.6 Å². The van der Waals surface area contributed by atoms with Gasteiger partial charge in [-0.25, -0.2) is 4.39 Å². The van der Waals surface area contributed by atoms with E-state index in [1.807, 2.05) is 0 Å². The summed E-state index contributed by atoms with van der Waals surface area (Å²) in [6.45, 7) is 3.83. The van der Waals surface area contributed by atoms with Crippen molar-refractivity contribution in [3.8, 4) is 0 Å². The number of rotatable bonds is 6. The van der Waals surface area contributed by atoms with E-state index < -0.39 is 10.7 Å². The van der Waals surface area contributed by atoms with Gasteiger partial charge in [0.2, 0.25) is 0 Å². The molecule has 1 aromatic carbocycles. The van der Waals surface area contributed by atoms with E-state index in [-0.39, 0.29) is 15.8 Å². The smallest absolute Gasteiger partial charge is 0.293 e. The lowest BCUT2D eigenvalue weighted by atomic mass is 10.2. The Balaban J connectivity index is 1.90. The first kappa shape index (κ1) is 15.2. The van der Waals surface area contributed by atoms with Crippen LogP contribution in [0.4, 0.5) is 15.8 Å². The van der Waals surface area contributed by atoms with Crippen LogP contribution in [-0.2, 0) is 0 Å². The molecule has 0 saturated carbocycles. The van der Waals surface area contributed by atoms with Gasteiger partial charge in [-0.3, -0.25) is 10.1 Å². The Hall–Kier alpha value is -1.21. The highest BCUT2D eigenvalue weighted by Crippen LogP contribution is 2.30. The molecule has 1 aromatic rings. The van der Waals surface area contributed by atoms with Gasteiger partial charge in [-0.1, -0.05) is 0 Å². The second-order valence-corrected chi connectivity index (χ2v) is 5.72. The highest BCUT2D eigenvalue weighted by atomic mass is 79.9. The van der Waals surface area contributed by atoms with Gasteiger partial charge in [0.05, 0.1) is 9.40 Å². The minimum atomic E-state index is -0.507. The zero-order valence-electron chi connectivity index (χ0n) is 11.1. The van der Waals surface area contributed by atoms with E-state index in [4.69, 9.17) is 0 Å². The maximum absolute atomic E-state index is 13.5. The average Bonchev–Trinajstić information content (AvgIpc) is 2.91. The number of nitrogens with one attached hydrogen (secondary N) is 1. The van der Waals surface area contributed by atoms with Crippen LogP contribution in [0, 0.1) is 15.9 Å². The molecule has 110 valence electrons. The topological polar surface area (TPSA) is 58.4 Å². The zero-order chi connectivity index (χ0) is 14.5. The van der Waals surface area contributed by atoms with Crippen LogP contribution < -0.4 is 5.32 Å². The van der Waals surface area contributed by atoms with Crippen molar-refractivity contribution in [2.45, 2.75) is 19.3 Å². The first-order valence-electron chi connectivity index (χ1n) is 6.67. The molecule has 1 heterocycles. The van der Waals surface area contributed by atoms with Gasteiger partial charge in [-0.2, -0.15) is 0 Å². The van der Waals surface area contributed by atoms with E-state index >= 15 is 0 Å². The van der Waals surface area contributed by atoms with E-state index in [0.717, 1.165) is 32.1 Å². The predicted molar refractivity (Wildman–Crippen MR) is 79.5 cm³/mol. The number of nitro benzene ring substituents is 1. The van der Waals surface area contributed by atoms with Gasteiger partial charge >= 0.3 is 0 Å². The summed E-state index contributed by atoms with van der Waals surface area (Å²) in [5, 5.41) is 13.9. The summed E-state index contributed by atoms with van der Waals surface area (Å²) in [5.41, 5.74) is 0.122. The van der Waals surface area contributed by atoms with Gasteiger partial charge in [-0.15, -0.1) is 0 Å². The number of hydrogen-bond acceptors (Lipinski definition) is 4. The molecule has 1 aliphatic rings. The molecule has 0 bridgehead atoms. The number of anilines is 1. The molecule has 0 aliphatic carbocycles. The Labute approximate surface area is 125 Å².